The Morgan fingerprint density at radius 3 is 3.06 bits per heavy atom. The molecule has 0 radical (unpaired) electrons. The molecule has 4 heteroatoms. The van der Waals surface area contributed by atoms with Gasteiger partial charge in [-0.05, 0) is 37.3 Å². The molecule has 0 saturated heterocycles. The second-order valence-electron chi connectivity index (χ2n) is 5.21. The summed E-state index contributed by atoms with van der Waals surface area (Å²) in [5.41, 5.74) is 0.476. The number of carbonyl (C=O) groups excluding carboxylic acids is 1. The van der Waals surface area contributed by atoms with E-state index in [0.717, 1.165) is 24.1 Å². The fraction of sp³-hybridized carbons (Fsp3) is 0.643. The molecule has 1 aliphatic rings. The number of hydrogen-bond donors (Lipinski definition) is 1. The summed E-state index contributed by atoms with van der Waals surface area (Å²) >= 11 is 0. The molecule has 0 bridgehead atoms. The lowest BCUT2D eigenvalue weighted by atomic mass is 10.1. The van der Waals surface area contributed by atoms with Gasteiger partial charge in [0.1, 0.15) is 12.0 Å². The second-order valence-corrected chi connectivity index (χ2v) is 5.21. The topological polar surface area (TPSA) is 51.5 Å². The van der Waals surface area contributed by atoms with Gasteiger partial charge in [-0.15, -0.1) is 0 Å². The average molecular weight is 251 g/mol. The van der Waals surface area contributed by atoms with E-state index >= 15 is 0 Å². The maximum absolute atomic E-state index is 11.2. The Morgan fingerprint density at radius 2 is 2.39 bits per heavy atom. The highest BCUT2D eigenvalue weighted by molar-refractivity contribution is 5.88. The molecule has 0 aliphatic heterocycles. The van der Waals surface area contributed by atoms with Crippen LogP contribution in [-0.4, -0.2) is 19.6 Å². The molecule has 4 nitrogen and oxygen atoms in total. The van der Waals surface area contributed by atoms with Gasteiger partial charge < -0.3 is 14.5 Å². The van der Waals surface area contributed by atoms with Crippen LogP contribution < -0.4 is 5.32 Å². The number of hydrogen-bond acceptors (Lipinski definition) is 4. The summed E-state index contributed by atoms with van der Waals surface area (Å²) < 4.78 is 9.94. The minimum Gasteiger partial charge on any atom is -0.467 e. The lowest BCUT2D eigenvalue weighted by Gasteiger charge is -2.09. The van der Waals surface area contributed by atoms with Gasteiger partial charge in [0.25, 0.3) is 0 Å². The van der Waals surface area contributed by atoms with Gasteiger partial charge in [0, 0.05) is 0 Å². The number of ether oxygens (including phenoxy) is 1. The highest BCUT2D eigenvalue weighted by Gasteiger charge is 2.20. The number of methoxy groups -OCH3 is 1. The Bertz CT molecular complexity index is 399. The molecular weight excluding hydrogens is 230 g/mol. The molecule has 18 heavy (non-hydrogen) atoms. The molecule has 2 atom stereocenters. The van der Waals surface area contributed by atoms with E-state index in [4.69, 9.17) is 4.42 Å². The van der Waals surface area contributed by atoms with Crippen LogP contribution in [0.5, 0.6) is 0 Å². The van der Waals surface area contributed by atoms with Gasteiger partial charge in [-0.2, -0.15) is 0 Å². The lowest BCUT2D eigenvalue weighted by Crippen LogP contribution is -2.20. The van der Waals surface area contributed by atoms with Crippen LogP contribution in [0.3, 0.4) is 0 Å². The zero-order chi connectivity index (χ0) is 13.0. The molecule has 1 N–H and O–H groups in total. The van der Waals surface area contributed by atoms with Gasteiger partial charge in [-0.3, -0.25) is 0 Å². The SMILES string of the molecule is COC(=O)c1coc(CNCC2CCC(C)C2)c1. The highest BCUT2D eigenvalue weighted by atomic mass is 16.5. The van der Waals surface area contributed by atoms with Gasteiger partial charge in [-0.25, -0.2) is 4.79 Å². The third-order valence-electron chi connectivity index (χ3n) is 3.61. The van der Waals surface area contributed by atoms with Crippen LogP contribution >= 0.6 is 0 Å². The molecule has 0 aromatic carbocycles. The Labute approximate surface area is 108 Å². The molecule has 100 valence electrons. The Kier molecular flexibility index (Phi) is 4.42. The normalized spacial score (nSPS) is 23.2. The van der Waals surface area contributed by atoms with Crippen molar-refractivity contribution in [3.8, 4) is 0 Å². The number of nitrogens with one attached hydrogen (secondary N) is 1. The van der Waals surface area contributed by atoms with Crippen molar-refractivity contribution in [1.82, 2.24) is 5.32 Å². The second kappa shape index (κ2) is 6.05. The largest absolute Gasteiger partial charge is 0.467 e. The van der Waals surface area contributed by atoms with Crippen molar-refractivity contribution in [2.24, 2.45) is 11.8 Å². The molecule has 2 unspecified atom stereocenters. The summed E-state index contributed by atoms with van der Waals surface area (Å²) in [6, 6.07) is 1.73. The molecule has 1 saturated carbocycles. The molecule has 1 aromatic heterocycles. The number of furan rings is 1. The summed E-state index contributed by atoms with van der Waals surface area (Å²) in [6.07, 6.45) is 5.43. The van der Waals surface area contributed by atoms with Gasteiger partial charge in [0.15, 0.2) is 0 Å². The van der Waals surface area contributed by atoms with E-state index < -0.39 is 0 Å². The van der Waals surface area contributed by atoms with Crippen LogP contribution in [-0.2, 0) is 11.3 Å². The Hall–Kier alpha value is -1.29. The maximum atomic E-state index is 11.2. The van der Waals surface area contributed by atoms with E-state index in [1.54, 1.807) is 6.07 Å². The summed E-state index contributed by atoms with van der Waals surface area (Å²) in [7, 11) is 1.37. The molecule has 2 rings (SSSR count). The first-order chi connectivity index (χ1) is 8.69. The van der Waals surface area contributed by atoms with Crippen molar-refractivity contribution >= 4 is 5.97 Å². The fourth-order valence-electron chi connectivity index (χ4n) is 2.61. The first-order valence-corrected chi connectivity index (χ1v) is 6.55. The number of carbonyl (C=O) groups is 1. The lowest BCUT2D eigenvalue weighted by molar-refractivity contribution is 0.0600. The summed E-state index contributed by atoms with van der Waals surface area (Å²) in [5.74, 6) is 2.08. The molecule has 1 fully saturated rings. The van der Waals surface area contributed by atoms with Crippen molar-refractivity contribution in [3.63, 3.8) is 0 Å². The highest BCUT2D eigenvalue weighted by Crippen LogP contribution is 2.29. The molecular formula is C14H21NO3. The summed E-state index contributed by atoms with van der Waals surface area (Å²) in [5, 5.41) is 3.39. The Morgan fingerprint density at radius 1 is 1.56 bits per heavy atom. The zero-order valence-corrected chi connectivity index (χ0v) is 11.1. The van der Waals surface area contributed by atoms with Crippen LogP contribution in [0.4, 0.5) is 0 Å². The van der Waals surface area contributed by atoms with E-state index in [9.17, 15) is 4.79 Å². The smallest absolute Gasteiger partial charge is 0.341 e. The predicted octanol–water partition coefficient (Wildman–Crippen LogP) is 2.59. The Balaban J connectivity index is 1.73. The predicted molar refractivity (Wildman–Crippen MR) is 68.3 cm³/mol. The van der Waals surface area contributed by atoms with Crippen LogP contribution in [0, 0.1) is 11.8 Å². The first kappa shape index (κ1) is 13.1. The summed E-state index contributed by atoms with van der Waals surface area (Å²) in [4.78, 5) is 11.2. The van der Waals surface area contributed by atoms with Gasteiger partial charge in [0.05, 0.1) is 19.2 Å². The zero-order valence-electron chi connectivity index (χ0n) is 11.1. The third-order valence-corrected chi connectivity index (χ3v) is 3.61. The van der Waals surface area contributed by atoms with E-state index in [-0.39, 0.29) is 5.97 Å². The monoisotopic (exact) mass is 251 g/mol. The van der Waals surface area contributed by atoms with Crippen LogP contribution in [0.1, 0.15) is 42.3 Å². The van der Waals surface area contributed by atoms with Crippen LogP contribution in [0.15, 0.2) is 16.7 Å². The molecule has 1 aliphatic carbocycles. The number of esters is 1. The van der Waals surface area contributed by atoms with E-state index in [0.29, 0.717) is 12.1 Å². The quantitative estimate of drug-likeness (QED) is 0.817. The van der Waals surface area contributed by atoms with Crippen molar-refractivity contribution in [1.29, 1.82) is 0 Å². The number of rotatable bonds is 5. The van der Waals surface area contributed by atoms with Crippen LogP contribution in [0.2, 0.25) is 0 Å². The molecule has 0 spiro atoms. The maximum Gasteiger partial charge on any atom is 0.341 e. The summed E-state index contributed by atoms with van der Waals surface area (Å²) in [6.45, 7) is 4.01. The van der Waals surface area contributed by atoms with E-state index in [1.165, 1.54) is 32.6 Å². The van der Waals surface area contributed by atoms with Crippen LogP contribution in [0.25, 0.3) is 0 Å². The minimum absolute atomic E-state index is 0.352. The molecule has 0 amide bonds. The van der Waals surface area contributed by atoms with Gasteiger partial charge in [-0.1, -0.05) is 13.3 Å². The van der Waals surface area contributed by atoms with Crippen molar-refractivity contribution in [2.75, 3.05) is 13.7 Å². The fourth-order valence-corrected chi connectivity index (χ4v) is 2.61. The van der Waals surface area contributed by atoms with Crippen molar-refractivity contribution in [2.45, 2.75) is 32.7 Å². The third kappa shape index (κ3) is 3.35. The standard InChI is InChI=1S/C14H21NO3/c1-10-3-4-11(5-10)7-15-8-13-6-12(9-18-13)14(16)17-2/h6,9-11,15H,3-5,7-8H2,1-2H3. The van der Waals surface area contributed by atoms with E-state index in [2.05, 4.69) is 17.0 Å². The van der Waals surface area contributed by atoms with Gasteiger partial charge in [0.2, 0.25) is 0 Å². The first-order valence-electron chi connectivity index (χ1n) is 6.55. The van der Waals surface area contributed by atoms with Crippen molar-refractivity contribution < 1.29 is 13.9 Å². The van der Waals surface area contributed by atoms with Crippen molar-refractivity contribution in [3.05, 3.63) is 23.7 Å². The van der Waals surface area contributed by atoms with E-state index in [1.807, 2.05) is 0 Å². The minimum atomic E-state index is -0.352. The molecule has 1 aromatic rings. The van der Waals surface area contributed by atoms with Gasteiger partial charge >= 0.3 is 5.97 Å². The molecule has 1 heterocycles. The average Bonchev–Trinajstić information content (AvgIpc) is 2.98.